The highest BCUT2D eigenvalue weighted by Gasteiger charge is 2.73. The molecule has 2 saturated heterocycles. The van der Waals surface area contributed by atoms with Gasteiger partial charge in [-0.15, -0.1) is 0 Å². The first-order valence-electron chi connectivity index (χ1n) is 11.2. The zero-order chi connectivity index (χ0) is 23.0. The van der Waals surface area contributed by atoms with Gasteiger partial charge in [0.1, 0.15) is 17.6 Å². The molecule has 1 spiro atoms. The van der Waals surface area contributed by atoms with Crippen molar-refractivity contribution in [3.8, 4) is 0 Å². The fourth-order valence-corrected chi connectivity index (χ4v) is 5.31. The zero-order valence-corrected chi connectivity index (χ0v) is 18.3. The summed E-state index contributed by atoms with van der Waals surface area (Å²) in [6.07, 6.45) is 3.02. The molecule has 7 nitrogen and oxygen atoms in total. The summed E-state index contributed by atoms with van der Waals surface area (Å²) in [7, 11) is 0. The summed E-state index contributed by atoms with van der Waals surface area (Å²) in [5.74, 6) is -2.57. The Kier molecular flexibility index (Phi) is 5.50. The fraction of sp³-hybridized carbons (Fsp3) is 0.346. The van der Waals surface area contributed by atoms with Crippen LogP contribution in [0.3, 0.4) is 0 Å². The van der Waals surface area contributed by atoms with E-state index in [-0.39, 0.29) is 25.0 Å². The molecule has 1 N–H and O–H groups in total. The van der Waals surface area contributed by atoms with Gasteiger partial charge in [0.05, 0.1) is 18.6 Å². The van der Waals surface area contributed by atoms with Gasteiger partial charge in [0, 0.05) is 13.1 Å². The molecular weight excluding hydrogens is 420 g/mol. The van der Waals surface area contributed by atoms with Crippen LogP contribution in [0.2, 0.25) is 0 Å². The Morgan fingerprint density at radius 2 is 1.73 bits per heavy atom. The van der Waals surface area contributed by atoms with Crippen molar-refractivity contribution in [1.82, 2.24) is 10.2 Å². The van der Waals surface area contributed by atoms with Crippen LogP contribution >= 0.6 is 0 Å². The molecule has 2 aromatic carbocycles. The van der Waals surface area contributed by atoms with Crippen LogP contribution in [0.5, 0.6) is 0 Å². The molecule has 0 saturated carbocycles. The number of esters is 1. The third-order valence-electron chi connectivity index (χ3n) is 6.69. The monoisotopic (exact) mass is 446 g/mol. The minimum atomic E-state index is -1.19. The number of nitrogens with zero attached hydrogens (tertiary/aromatic N) is 1. The Balaban J connectivity index is 1.48. The van der Waals surface area contributed by atoms with E-state index in [1.165, 1.54) is 0 Å². The minimum Gasteiger partial charge on any atom is -0.466 e. The van der Waals surface area contributed by atoms with Gasteiger partial charge in [0.15, 0.2) is 0 Å². The van der Waals surface area contributed by atoms with E-state index in [1.807, 2.05) is 60.7 Å². The summed E-state index contributed by atoms with van der Waals surface area (Å²) < 4.78 is 11.5. The fourth-order valence-electron chi connectivity index (χ4n) is 5.31. The molecule has 1 unspecified atom stereocenters. The Morgan fingerprint density at radius 1 is 1.06 bits per heavy atom. The number of nitrogens with one attached hydrogen (secondary N) is 1. The highest BCUT2D eigenvalue weighted by molar-refractivity contribution is 5.99. The smallest absolute Gasteiger partial charge is 0.312 e. The van der Waals surface area contributed by atoms with Crippen LogP contribution in [-0.2, 0) is 36.9 Å². The molecule has 2 bridgehead atoms. The summed E-state index contributed by atoms with van der Waals surface area (Å²) in [5.41, 5.74) is 0.666. The van der Waals surface area contributed by atoms with Crippen LogP contribution in [0.25, 0.3) is 0 Å². The Labute approximate surface area is 192 Å². The predicted molar refractivity (Wildman–Crippen MR) is 119 cm³/mol. The van der Waals surface area contributed by atoms with Gasteiger partial charge in [-0.1, -0.05) is 72.8 Å². The molecule has 5 rings (SSSR count). The van der Waals surface area contributed by atoms with Crippen molar-refractivity contribution in [2.24, 2.45) is 11.8 Å². The third kappa shape index (κ3) is 3.53. The Hall–Kier alpha value is -3.45. The average Bonchev–Trinajstić information content (AvgIpc) is 3.47. The molecule has 170 valence electrons. The van der Waals surface area contributed by atoms with E-state index in [9.17, 15) is 14.4 Å². The van der Waals surface area contributed by atoms with Crippen LogP contribution in [0.15, 0.2) is 72.8 Å². The van der Waals surface area contributed by atoms with Crippen LogP contribution in [0.4, 0.5) is 0 Å². The molecule has 33 heavy (non-hydrogen) atoms. The molecule has 0 aromatic heterocycles. The van der Waals surface area contributed by atoms with Crippen molar-refractivity contribution in [2.45, 2.75) is 37.8 Å². The first-order chi connectivity index (χ1) is 16.0. The number of carbonyl (C=O) groups is 3. The average molecular weight is 447 g/mol. The lowest BCUT2D eigenvalue weighted by Crippen LogP contribution is -2.54. The van der Waals surface area contributed by atoms with Crippen molar-refractivity contribution >= 4 is 17.8 Å². The second-order valence-corrected chi connectivity index (χ2v) is 8.61. The second-order valence-electron chi connectivity index (χ2n) is 8.61. The van der Waals surface area contributed by atoms with E-state index < -0.39 is 35.6 Å². The molecule has 2 aromatic rings. The van der Waals surface area contributed by atoms with Crippen molar-refractivity contribution < 1.29 is 23.9 Å². The molecule has 2 fully saturated rings. The first-order valence-corrected chi connectivity index (χ1v) is 11.2. The van der Waals surface area contributed by atoms with Gasteiger partial charge in [-0.25, -0.2) is 0 Å². The molecule has 2 amide bonds. The van der Waals surface area contributed by atoms with Crippen molar-refractivity contribution in [3.05, 3.63) is 83.9 Å². The van der Waals surface area contributed by atoms with Crippen molar-refractivity contribution in [2.75, 3.05) is 6.61 Å². The molecule has 0 radical (unpaired) electrons. The molecule has 7 heteroatoms. The quantitative estimate of drug-likeness (QED) is 0.521. The van der Waals surface area contributed by atoms with Gasteiger partial charge in [0.2, 0.25) is 11.8 Å². The van der Waals surface area contributed by atoms with Crippen LogP contribution in [0.1, 0.15) is 18.1 Å². The molecule has 3 aliphatic heterocycles. The molecule has 3 aliphatic rings. The maximum absolute atomic E-state index is 13.7. The molecular formula is C26H26N2O5. The van der Waals surface area contributed by atoms with Gasteiger partial charge in [-0.2, -0.15) is 0 Å². The van der Waals surface area contributed by atoms with Gasteiger partial charge in [0.25, 0.3) is 0 Å². The lowest BCUT2D eigenvalue weighted by molar-refractivity contribution is -0.153. The number of likely N-dealkylation sites (tertiary alicyclic amines) is 1. The van der Waals surface area contributed by atoms with Crippen LogP contribution < -0.4 is 5.32 Å². The normalized spacial score (nSPS) is 29.2. The number of rotatable bonds is 7. The number of hydrogen-bond donors (Lipinski definition) is 1. The van der Waals surface area contributed by atoms with E-state index in [4.69, 9.17) is 9.47 Å². The molecule has 3 heterocycles. The van der Waals surface area contributed by atoms with Gasteiger partial charge < -0.3 is 19.7 Å². The summed E-state index contributed by atoms with van der Waals surface area (Å²) >= 11 is 0. The number of carbonyl (C=O) groups excluding carboxylic acids is 3. The van der Waals surface area contributed by atoms with Crippen LogP contribution in [-0.4, -0.2) is 47.0 Å². The largest absolute Gasteiger partial charge is 0.466 e. The topological polar surface area (TPSA) is 84.9 Å². The summed E-state index contributed by atoms with van der Waals surface area (Å²) in [4.78, 5) is 41.6. The molecule has 5 atom stereocenters. The van der Waals surface area contributed by atoms with E-state index in [0.717, 1.165) is 11.1 Å². The third-order valence-corrected chi connectivity index (χ3v) is 6.69. The van der Waals surface area contributed by atoms with E-state index in [1.54, 1.807) is 24.0 Å². The maximum atomic E-state index is 13.7. The maximum Gasteiger partial charge on any atom is 0.312 e. The standard InChI is InChI=1S/C26H26N2O5/c1-2-32-25(31)20-19-13-14-26(33-19)21(20)24(30)28(16-18-11-7-4-8-12-18)22(26)23(29)27-15-17-9-5-3-6-10-17/h3-14,19-22H,2,15-16H2,1H3,(H,27,29)/t19-,20-,21-,22+,26?/m1/s1. The molecule has 0 aliphatic carbocycles. The zero-order valence-electron chi connectivity index (χ0n) is 18.3. The lowest BCUT2D eigenvalue weighted by Gasteiger charge is -2.32. The van der Waals surface area contributed by atoms with Gasteiger partial charge >= 0.3 is 5.97 Å². The SMILES string of the molecule is CCOC(=O)[C@@H]1[C@H]2C=CC3(O2)[C@H](C(=O)NCc2ccccc2)N(Cc2ccccc2)C(=O)[C@@H]13. The Bertz CT molecular complexity index is 1090. The van der Waals surface area contributed by atoms with E-state index >= 15 is 0 Å². The first kappa shape index (κ1) is 21.4. The second kappa shape index (κ2) is 8.48. The highest BCUT2D eigenvalue weighted by Crippen LogP contribution is 2.55. The number of benzene rings is 2. The number of hydrogen-bond acceptors (Lipinski definition) is 5. The lowest BCUT2D eigenvalue weighted by atomic mass is 9.74. The van der Waals surface area contributed by atoms with Crippen molar-refractivity contribution in [3.63, 3.8) is 0 Å². The highest BCUT2D eigenvalue weighted by atomic mass is 16.6. The summed E-state index contributed by atoms with van der Waals surface area (Å²) in [6, 6.07) is 18.2. The van der Waals surface area contributed by atoms with E-state index in [2.05, 4.69) is 5.32 Å². The number of ether oxygens (including phenoxy) is 2. The number of fused-ring (bicyclic) bond motifs is 1. The van der Waals surface area contributed by atoms with E-state index in [0.29, 0.717) is 6.54 Å². The van der Waals surface area contributed by atoms with Crippen molar-refractivity contribution in [1.29, 1.82) is 0 Å². The summed E-state index contributed by atoms with van der Waals surface area (Å²) in [6.45, 7) is 2.53. The summed E-state index contributed by atoms with van der Waals surface area (Å²) in [5, 5.41) is 2.97. The Morgan fingerprint density at radius 3 is 2.39 bits per heavy atom. The van der Waals surface area contributed by atoms with Crippen LogP contribution in [0, 0.1) is 11.8 Å². The predicted octanol–water partition coefficient (Wildman–Crippen LogP) is 2.22. The minimum absolute atomic E-state index is 0.217. The number of amides is 2. The van der Waals surface area contributed by atoms with Gasteiger partial charge in [-0.05, 0) is 18.1 Å². The van der Waals surface area contributed by atoms with Gasteiger partial charge in [-0.3, -0.25) is 14.4 Å².